The van der Waals surface area contributed by atoms with E-state index < -0.39 is 0 Å². The zero-order valence-corrected chi connectivity index (χ0v) is 8.06. The van der Waals surface area contributed by atoms with Crippen molar-refractivity contribution in [3.63, 3.8) is 0 Å². The summed E-state index contributed by atoms with van der Waals surface area (Å²) in [5, 5.41) is 0.968. The highest BCUT2D eigenvalue weighted by Gasteiger charge is 2.24. The van der Waals surface area contributed by atoms with Gasteiger partial charge in [0, 0.05) is 11.9 Å². The van der Waals surface area contributed by atoms with E-state index in [4.69, 9.17) is 4.74 Å². The monoisotopic (exact) mass is 206 g/mol. The Morgan fingerprint density at radius 2 is 2.20 bits per heavy atom. The molecular formula is C8H15BrO. The molecule has 0 aliphatic heterocycles. The van der Waals surface area contributed by atoms with Gasteiger partial charge in [-0.05, 0) is 24.7 Å². The van der Waals surface area contributed by atoms with Crippen molar-refractivity contribution in [1.29, 1.82) is 0 Å². The molecule has 1 aliphatic rings. The summed E-state index contributed by atoms with van der Waals surface area (Å²) in [6.45, 7) is 4.15. The Bertz CT molecular complexity index is 89.3. The number of rotatable bonds is 4. The summed E-state index contributed by atoms with van der Waals surface area (Å²) in [6, 6.07) is 0. The summed E-state index contributed by atoms with van der Waals surface area (Å²) in [4.78, 5) is 0. The Morgan fingerprint density at radius 3 is 2.70 bits per heavy atom. The SMILES string of the molecule is CC1CC(COCCBr)C1. The van der Waals surface area contributed by atoms with Crippen LogP contribution < -0.4 is 0 Å². The smallest absolute Gasteiger partial charge is 0.0563 e. The molecule has 0 atom stereocenters. The van der Waals surface area contributed by atoms with E-state index >= 15 is 0 Å². The summed E-state index contributed by atoms with van der Waals surface area (Å²) >= 11 is 3.33. The summed E-state index contributed by atoms with van der Waals surface area (Å²) in [6.07, 6.45) is 2.75. The van der Waals surface area contributed by atoms with Crippen molar-refractivity contribution < 1.29 is 4.74 Å². The third-order valence-electron chi connectivity index (χ3n) is 2.05. The van der Waals surface area contributed by atoms with Crippen LogP contribution in [0.1, 0.15) is 19.8 Å². The first kappa shape index (κ1) is 8.54. The largest absolute Gasteiger partial charge is 0.380 e. The molecule has 1 rings (SSSR count). The minimum atomic E-state index is 0.866. The molecule has 1 saturated carbocycles. The molecule has 0 radical (unpaired) electrons. The third-order valence-corrected chi connectivity index (χ3v) is 2.37. The average molecular weight is 207 g/mol. The quantitative estimate of drug-likeness (QED) is 0.508. The maximum Gasteiger partial charge on any atom is 0.0563 e. The van der Waals surface area contributed by atoms with Gasteiger partial charge in [-0.15, -0.1) is 0 Å². The molecule has 10 heavy (non-hydrogen) atoms. The number of halogens is 1. The molecule has 0 heterocycles. The second-order valence-corrected chi connectivity index (χ2v) is 4.00. The van der Waals surface area contributed by atoms with E-state index in [0.717, 1.165) is 30.4 Å². The summed E-state index contributed by atoms with van der Waals surface area (Å²) in [5.74, 6) is 1.83. The summed E-state index contributed by atoms with van der Waals surface area (Å²) in [5.41, 5.74) is 0. The van der Waals surface area contributed by atoms with Gasteiger partial charge in [0.2, 0.25) is 0 Å². The van der Waals surface area contributed by atoms with Crippen LogP contribution in [0.3, 0.4) is 0 Å². The lowest BCUT2D eigenvalue weighted by molar-refractivity contribution is 0.0567. The average Bonchev–Trinajstić information content (AvgIpc) is 1.85. The van der Waals surface area contributed by atoms with Crippen LogP contribution in [0.25, 0.3) is 0 Å². The van der Waals surface area contributed by atoms with Crippen molar-refractivity contribution in [2.24, 2.45) is 11.8 Å². The van der Waals surface area contributed by atoms with Gasteiger partial charge in [0.1, 0.15) is 0 Å². The summed E-state index contributed by atoms with van der Waals surface area (Å²) < 4.78 is 5.39. The normalized spacial score (nSPS) is 31.8. The molecule has 0 spiro atoms. The van der Waals surface area contributed by atoms with Gasteiger partial charge in [0.15, 0.2) is 0 Å². The first-order valence-corrected chi connectivity index (χ1v) is 5.08. The van der Waals surface area contributed by atoms with Crippen LogP contribution in [-0.2, 0) is 4.74 Å². The molecule has 0 N–H and O–H groups in total. The molecule has 0 bridgehead atoms. The van der Waals surface area contributed by atoms with E-state index in [1.54, 1.807) is 0 Å². The van der Waals surface area contributed by atoms with Crippen molar-refractivity contribution in [1.82, 2.24) is 0 Å². The standard InChI is InChI=1S/C8H15BrO/c1-7-4-8(5-7)6-10-3-2-9/h7-8H,2-6H2,1H3. The zero-order chi connectivity index (χ0) is 7.40. The van der Waals surface area contributed by atoms with Crippen molar-refractivity contribution in [2.45, 2.75) is 19.8 Å². The highest BCUT2D eigenvalue weighted by Crippen LogP contribution is 2.32. The first-order valence-electron chi connectivity index (χ1n) is 3.96. The van der Waals surface area contributed by atoms with Crippen LogP contribution >= 0.6 is 15.9 Å². The van der Waals surface area contributed by atoms with Gasteiger partial charge in [-0.1, -0.05) is 22.9 Å². The van der Waals surface area contributed by atoms with E-state index in [9.17, 15) is 0 Å². The van der Waals surface area contributed by atoms with Gasteiger partial charge in [-0.3, -0.25) is 0 Å². The lowest BCUT2D eigenvalue weighted by Crippen LogP contribution is -2.25. The Labute approximate surface area is 71.3 Å². The predicted molar refractivity (Wildman–Crippen MR) is 46.5 cm³/mol. The van der Waals surface area contributed by atoms with E-state index in [-0.39, 0.29) is 0 Å². The third kappa shape index (κ3) is 2.59. The van der Waals surface area contributed by atoms with Crippen LogP contribution in [0, 0.1) is 11.8 Å². The van der Waals surface area contributed by atoms with Gasteiger partial charge in [-0.2, -0.15) is 0 Å². The molecular weight excluding hydrogens is 192 g/mol. The molecule has 1 aliphatic carbocycles. The minimum Gasteiger partial charge on any atom is -0.380 e. The molecule has 1 nitrogen and oxygen atoms in total. The molecule has 60 valence electrons. The molecule has 0 amide bonds. The topological polar surface area (TPSA) is 9.23 Å². The lowest BCUT2D eigenvalue weighted by atomic mass is 9.77. The second-order valence-electron chi connectivity index (χ2n) is 3.21. The van der Waals surface area contributed by atoms with Gasteiger partial charge in [-0.25, -0.2) is 0 Å². The van der Waals surface area contributed by atoms with Crippen LogP contribution in [0.2, 0.25) is 0 Å². The number of hydrogen-bond donors (Lipinski definition) is 0. The molecule has 0 saturated heterocycles. The number of ether oxygens (including phenoxy) is 1. The van der Waals surface area contributed by atoms with Crippen LogP contribution in [0.15, 0.2) is 0 Å². The Morgan fingerprint density at radius 1 is 1.50 bits per heavy atom. The minimum absolute atomic E-state index is 0.866. The number of hydrogen-bond acceptors (Lipinski definition) is 1. The van der Waals surface area contributed by atoms with Crippen LogP contribution in [0.5, 0.6) is 0 Å². The first-order chi connectivity index (χ1) is 4.83. The molecule has 0 aromatic rings. The van der Waals surface area contributed by atoms with E-state index in [0.29, 0.717) is 0 Å². The van der Waals surface area contributed by atoms with Crippen molar-refractivity contribution in [3.8, 4) is 0 Å². The van der Waals surface area contributed by atoms with Crippen molar-refractivity contribution in [2.75, 3.05) is 18.5 Å². The summed E-state index contributed by atoms with van der Waals surface area (Å²) in [7, 11) is 0. The fourth-order valence-electron chi connectivity index (χ4n) is 1.51. The lowest BCUT2D eigenvalue weighted by Gasteiger charge is -2.32. The molecule has 0 aromatic heterocycles. The molecule has 1 fully saturated rings. The van der Waals surface area contributed by atoms with E-state index in [1.807, 2.05) is 0 Å². The maximum atomic E-state index is 5.39. The van der Waals surface area contributed by atoms with Crippen molar-refractivity contribution in [3.05, 3.63) is 0 Å². The second kappa shape index (κ2) is 4.35. The van der Waals surface area contributed by atoms with E-state index in [1.165, 1.54) is 12.8 Å². The maximum absolute atomic E-state index is 5.39. The Balaban J connectivity index is 1.86. The van der Waals surface area contributed by atoms with Crippen LogP contribution in [0.4, 0.5) is 0 Å². The molecule has 0 aromatic carbocycles. The van der Waals surface area contributed by atoms with Crippen LogP contribution in [-0.4, -0.2) is 18.5 Å². The Kier molecular flexibility index (Phi) is 3.71. The molecule has 2 heteroatoms. The Hall–Kier alpha value is 0.440. The van der Waals surface area contributed by atoms with Gasteiger partial charge < -0.3 is 4.74 Å². The highest BCUT2D eigenvalue weighted by molar-refractivity contribution is 9.09. The van der Waals surface area contributed by atoms with Gasteiger partial charge >= 0.3 is 0 Å². The fourth-order valence-corrected chi connectivity index (χ4v) is 1.74. The fraction of sp³-hybridized carbons (Fsp3) is 1.00. The van der Waals surface area contributed by atoms with Gasteiger partial charge in [0.25, 0.3) is 0 Å². The van der Waals surface area contributed by atoms with Gasteiger partial charge in [0.05, 0.1) is 6.61 Å². The van der Waals surface area contributed by atoms with Crippen molar-refractivity contribution >= 4 is 15.9 Å². The van der Waals surface area contributed by atoms with E-state index in [2.05, 4.69) is 22.9 Å². The highest BCUT2D eigenvalue weighted by atomic mass is 79.9. The number of alkyl halides is 1. The molecule has 0 unspecified atom stereocenters. The predicted octanol–water partition coefficient (Wildman–Crippen LogP) is 2.44. The zero-order valence-electron chi connectivity index (χ0n) is 6.48.